The van der Waals surface area contributed by atoms with E-state index in [9.17, 15) is 0 Å². The zero-order chi connectivity index (χ0) is 9.36. The van der Waals surface area contributed by atoms with Gasteiger partial charge in [-0.15, -0.1) is 0 Å². The van der Waals surface area contributed by atoms with Crippen molar-refractivity contribution in [3.05, 3.63) is 12.0 Å². The number of quaternary nitrogens is 1. The van der Waals surface area contributed by atoms with Gasteiger partial charge < -0.3 is 4.74 Å². The Hall–Kier alpha value is -0.830. The zero-order valence-corrected chi connectivity index (χ0v) is 8.33. The maximum Gasteiger partial charge on any atom is 0.198 e. The van der Waals surface area contributed by atoms with E-state index in [2.05, 4.69) is 12.0 Å². The largest absolute Gasteiger partial charge is 0.487 e. The van der Waals surface area contributed by atoms with Crippen LogP contribution in [-0.4, -0.2) is 12.8 Å². The molecular weight excluding hydrogens is 164 g/mol. The number of allylic oxidation sites excluding steroid dienone is 1. The number of hydrogen-bond donors (Lipinski definition) is 1. The number of ether oxygens (including phenoxy) is 1. The first-order valence-corrected chi connectivity index (χ1v) is 5.13. The molecule has 3 heteroatoms. The second kappa shape index (κ2) is 6.66. The Morgan fingerprint density at radius 1 is 1.31 bits per heavy atom. The van der Waals surface area contributed by atoms with E-state index in [1.807, 2.05) is 6.20 Å². The molecule has 0 saturated carbocycles. The van der Waals surface area contributed by atoms with Gasteiger partial charge in [0.1, 0.15) is 6.21 Å². The summed E-state index contributed by atoms with van der Waals surface area (Å²) in [5.74, 6) is 0.899. The van der Waals surface area contributed by atoms with Crippen molar-refractivity contribution >= 4 is 6.21 Å². The minimum Gasteiger partial charge on any atom is -0.487 e. The van der Waals surface area contributed by atoms with Crippen LogP contribution < -0.4 is 5.43 Å². The van der Waals surface area contributed by atoms with Crippen molar-refractivity contribution < 1.29 is 10.2 Å². The Morgan fingerprint density at radius 2 is 2.15 bits per heavy atom. The van der Waals surface area contributed by atoms with Crippen molar-refractivity contribution in [3.63, 3.8) is 0 Å². The van der Waals surface area contributed by atoms with E-state index < -0.39 is 0 Å². The van der Waals surface area contributed by atoms with E-state index >= 15 is 0 Å². The highest BCUT2D eigenvalue weighted by atomic mass is 16.5. The van der Waals surface area contributed by atoms with Gasteiger partial charge in [-0.2, -0.15) is 5.43 Å². The number of hydrogen-bond acceptors (Lipinski definition) is 2. The molecule has 1 heterocycles. The molecule has 3 nitrogen and oxygen atoms in total. The first-order chi connectivity index (χ1) is 6.43. The highest BCUT2D eigenvalue weighted by molar-refractivity contribution is 5.75. The summed E-state index contributed by atoms with van der Waals surface area (Å²) < 4.78 is 5.46. The third kappa shape index (κ3) is 4.68. The summed E-state index contributed by atoms with van der Waals surface area (Å²) in [5.41, 5.74) is 1.76. The summed E-state index contributed by atoms with van der Waals surface area (Å²) in [6.45, 7) is 3.06. The molecule has 0 amide bonds. The van der Waals surface area contributed by atoms with E-state index in [0.29, 0.717) is 0 Å². The lowest BCUT2D eigenvalue weighted by atomic mass is 10.2. The summed E-state index contributed by atoms with van der Waals surface area (Å²) in [4.78, 5) is 0. The predicted octanol–water partition coefficient (Wildman–Crippen LogP) is 1.38. The Morgan fingerprint density at radius 3 is 2.85 bits per heavy atom. The average molecular weight is 183 g/mol. The Labute approximate surface area is 79.9 Å². The molecule has 0 saturated heterocycles. The molecule has 1 aliphatic rings. The predicted molar refractivity (Wildman–Crippen MR) is 53.2 cm³/mol. The summed E-state index contributed by atoms with van der Waals surface area (Å²) in [7, 11) is 0. The van der Waals surface area contributed by atoms with Gasteiger partial charge in [-0.1, -0.05) is 37.7 Å². The van der Waals surface area contributed by atoms with Gasteiger partial charge in [0.05, 0.1) is 6.61 Å². The van der Waals surface area contributed by atoms with E-state index in [1.54, 1.807) is 11.6 Å². The third-order valence-electron chi connectivity index (χ3n) is 2.04. The molecular formula is C10H19N2O+. The molecule has 0 spiro atoms. The summed E-state index contributed by atoms with van der Waals surface area (Å²) in [6, 6.07) is 0. The van der Waals surface area contributed by atoms with Crippen LogP contribution in [0.15, 0.2) is 17.1 Å². The van der Waals surface area contributed by atoms with E-state index in [4.69, 9.17) is 4.74 Å². The third-order valence-corrected chi connectivity index (χ3v) is 2.04. The molecule has 1 aliphatic heterocycles. The summed E-state index contributed by atoms with van der Waals surface area (Å²) in [6.07, 6.45) is 10.1. The lowest BCUT2D eigenvalue weighted by Gasteiger charge is -2.02. The highest BCUT2D eigenvalue weighted by Gasteiger charge is 2.02. The molecule has 1 rings (SSSR count). The molecule has 0 radical (unpaired) electrons. The molecule has 0 fully saturated rings. The topological polar surface area (TPSA) is 38.2 Å². The molecule has 0 aromatic heterocycles. The molecule has 0 aliphatic carbocycles. The smallest absolute Gasteiger partial charge is 0.198 e. The van der Waals surface area contributed by atoms with Crippen LogP contribution in [0, 0.1) is 0 Å². The number of rotatable bonds is 7. The van der Waals surface area contributed by atoms with Crippen molar-refractivity contribution in [2.75, 3.05) is 6.61 Å². The van der Waals surface area contributed by atoms with Crippen LogP contribution in [0.4, 0.5) is 0 Å². The molecule has 0 unspecified atom stereocenters. The molecule has 74 valence electrons. The fourth-order valence-corrected chi connectivity index (χ4v) is 1.26. The van der Waals surface area contributed by atoms with Gasteiger partial charge in [0.2, 0.25) is 0 Å². The fourth-order valence-electron chi connectivity index (χ4n) is 1.26. The van der Waals surface area contributed by atoms with Crippen LogP contribution in [0.5, 0.6) is 0 Å². The molecule has 0 aromatic rings. The molecule has 2 N–H and O–H groups in total. The lowest BCUT2D eigenvalue weighted by molar-refractivity contribution is -0.590. The van der Waals surface area contributed by atoms with Gasteiger partial charge >= 0.3 is 0 Å². The maximum atomic E-state index is 5.46. The highest BCUT2D eigenvalue weighted by Crippen LogP contribution is 2.03. The van der Waals surface area contributed by atoms with Gasteiger partial charge in [0, 0.05) is 0 Å². The van der Waals surface area contributed by atoms with Gasteiger partial charge in [-0.05, 0) is 6.42 Å². The minimum absolute atomic E-state index is 0.829. The van der Waals surface area contributed by atoms with Crippen LogP contribution in [0.3, 0.4) is 0 Å². The normalized spacial score (nSPS) is 14.7. The Balaban J connectivity index is 1.86. The van der Waals surface area contributed by atoms with Gasteiger partial charge in [0.15, 0.2) is 12.0 Å². The van der Waals surface area contributed by atoms with Crippen LogP contribution in [0.1, 0.15) is 39.0 Å². The van der Waals surface area contributed by atoms with Crippen molar-refractivity contribution in [1.82, 2.24) is 0 Å². The van der Waals surface area contributed by atoms with E-state index in [0.717, 1.165) is 18.8 Å². The maximum absolute atomic E-state index is 5.46. The van der Waals surface area contributed by atoms with E-state index in [-0.39, 0.29) is 0 Å². The second-order valence-corrected chi connectivity index (χ2v) is 3.26. The molecule has 0 aromatic carbocycles. The van der Waals surface area contributed by atoms with Gasteiger partial charge in [-0.3, -0.25) is 0 Å². The van der Waals surface area contributed by atoms with Crippen LogP contribution in [-0.2, 0) is 4.74 Å². The Bertz CT molecular complexity index is 187. The zero-order valence-electron chi connectivity index (χ0n) is 8.33. The number of nitrogens with zero attached hydrogens (tertiary/aromatic N) is 1. The first kappa shape index (κ1) is 10.3. The summed E-state index contributed by atoms with van der Waals surface area (Å²) in [5, 5.41) is 3.93. The van der Waals surface area contributed by atoms with Crippen molar-refractivity contribution in [2.24, 2.45) is 5.10 Å². The molecule has 13 heavy (non-hydrogen) atoms. The van der Waals surface area contributed by atoms with Gasteiger partial charge in [0.25, 0.3) is 0 Å². The van der Waals surface area contributed by atoms with Gasteiger partial charge in [-0.25, -0.2) is 0 Å². The number of nitrogens with two attached hydrogens (primary N) is 1. The van der Waals surface area contributed by atoms with Crippen LogP contribution in [0.2, 0.25) is 0 Å². The van der Waals surface area contributed by atoms with Crippen molar-refractivity contribution in [2.45, 2.75) is 39.0 Å². The molecule has 0 atom stereocenters. The quantitative estimate of drug-likeness (QED) is 0.470. The Kier molecular flexibility index (Phi) is 5.25. The standard InChI is InChI=1S/C10H18N2O/c1-2-3-4-5-6-7-13-10-8-11-12-9-10/h8-9H,2-7H2,1H3,(H,11,12)/p+1. The second-order valence-electron chi connectivity index (χ2n) is 3.26. The van der Waals surface area contributed by atoms with E-state index in [1.165, 1.54) is 25.7 Å². The summed E-state index contributed by atoms with van der Waals surface area (Å²) >= 11 is 0. The van der Waals surface area contributed by atoms with Crippen molar-refractivity contribution in [3.8, 4) is 0 Å². The minimum atomic E-state index is 0.829. The molecule has 0 bridgehead atoms. The average Bonchev–Trinajstić information content (AvgIpc) is 2.63. The van der Waals surface area contributed by atoms with Crippen LogP contribution in [0.25, 0.3) is 0 Å². The fraction of sp³-hybridized carbons (Fsp3) is 0.700. The van der Waals surface area contributed by atoms with Crippen molar-refractivity contribution in [1.29, 1.82) is 0 Å². The SMILES string of the molecule is CCCCCCCOC1=C[NH2+]N=C1. The lowest BCUT2D eigenvalue weighted by Crippen LogP contribution is -2.69. The number of unbranched alkanes of at least 4 members (excludes halogenated alkanes) is 4. The van der Waals surface area contributed by atoms with Crippen LogP contribution >= 0.6 is 0 Å². The first-order valence-electron chi connectivity index (χ1n) is 5.13. The monoisotopic (exact) mass is 183 g/mol.